The van der Waals surface area contributed by atoms with Gasteiger partial charge >= 0.3 is 12.1 Å². The van der Waals surface area contributed by atoms with Crippen LogP contribution < -0.4 is 26.6 Å². The van der Waals surface area contributed by atoms with Crippen LogP contribution >= 0.6 is 9.24 Å². The van der Waals surface area contributed by atoms with Crippen LogP contribution in [0.15, 0.2) is 54.7 Å². The van der Waals surface area contributed by atoms with Crippen molar-refractivity contribution in [3.05, 3.63) is 71.4 Å². The van der Waals surface area contributed by atoms with Crippen molar-refractivity contribution in [2.75, 3.05) is 5.32 Å². The largest absolute Gasteiger partial charge is 0.334 e. The maximum atomic E-state index is 12.2. The second-order valence-electron chi connectivity index (χ2n) is 6.98. The van der Waals surface area contributed by atoms with Gasteiger partial charge in [0.15, 0.2) is 0 Å². The molecule has 1 heterocycles. The van der Waals surface area contributed by atoms with Crippen LogP contribution in [0.2, 0.25) is 0 Å². The molecule has 4 rings (SSSR count). The molecule has 1 fully saturated rings. The van der Waals surface area contributed by atoms with Gasteiger partial charge in [0, 0.05) is 30.8 Å². The topological polar surface area (TPSA) is 82.3 Å². The summed E-state index contributed by atoms with van der Waals surface area (Å²) in [6.45, 7) is 4.43. The molecule has 2 aromatic carbocycles. The van der Waals surface area contributed by atoms with E-state index in [0.29, 0.717) is 25.1 Å². The van der Waals surface area contributed by atoms with Gasteiger partial charge in [-0.05, 0) is 34.1 Å². The van der Waals surface area contributed by atoms with Crippen LogP contribution in [0.3, 0.4) is 0 Å². The lowest BCUT2D eigenvalue weighted by Crippen LogP contribution is -2.42. The van der Waals surface area contributed by atoms with Gasteiger partial charge in [0.2, 0.25) is 0 Å². The smallest absolute Gasteiger partial charge is 0.319 e. The zero-order valence-corrected chi connectivity index (χ0v) is 15.9. The van der Waals surface area contributed by atoms with Gasteiger partial charge in [-0.3, -0.25) is 0 Å². The molecule has 0 aromatic heterocycles. The monoisotopic (exact) mass is 380 g/mol. The van der Waals surface area contributed by atoms with Crippen LogP contribution in [0.4, 0.5) is 15.3 Å². The molecule has 7 heteroatoms. The van der Waals surface area contributed by atoms with Crippen molar-refractivity contribution in [3.63, 3.8) is 0 Å². The molecule has 0 bridgehead atoms. The Labute approximate surface area is 160 Å². The minimum Gasteiger partial charge on any atom is -0.334 e. The summed E-state index contributed by atoms with van der Waals surface area (Å²) < 4.78 is 0. The second kappa shape index (κ2) is 6.71. The van der Waals surface area contributed by atoms with Crippen molar-refractivity contribution in [3.8, 4) is 0 Å². The SMILES string of the molecule is C=C1NC(=O)NC12Cc1ccc(NC(=O)NCc3ccccc3P)cc1C2. The fourth-order valence-corrected chi connectivity index (χ4v) is 3.99. The lowest BCUT2D eigenvalue weighted by atomic mass is 9.94. The standard InChI is InChI=1S/C20H21N4O2P/c1-12-20(24-19(26)22-12)9-13-6-7-16(8-15(13)10-20)23-18(25)21-11-14-4-2-3-5-17(14)27/h2-8H,1,9-11,27H2,(H2,21,23,25)(H2,22,24,26). The van der Waals surface area contributed by atoms with Gasteiger partial charge in [-0.15, -0.1) is 9.24 Å². The highest BCUT2D eigenvalue weighted by Crippen LogP contribution is 2.37. The van der Waals surface area contributed by atoms with E-state index in [1.54, 1.807) is 0 Å². The quantitative estimate of drug-likeness (QED) is 0.616. The number of hydrogen-bond acceptors (Lipinski definition) is 2. The fraction of sp³-hybridized carbons (Fsp3) is 0.200. The van der Waals surface area contributed by atoms with E-state index in [1.165, 1.54) is 0 Å². The van der Waals surface area contributed by atoms with Gasteiger partial charge in [0.25, 0.3) is 0 Å². The molecule has 2 atom stereocenters. The van der Waals surface area contributed by atoms with Crippen LogP contribution in [0.5, 0.6) is 0 Å². The molecule has 27 heavy (non-hydrogen) atoms. The molecular weight excluding hydrogens is 359 g/mol. The summed E-state index contributed by atoms with van der Waals surface area (Å²) in [5, 5.41) is 12.5. The summed E-state index contributed by atoms with van der Waals surface area (Å²) in [5.74, 6) is 0. The number of amides is 4. The first-order valence-electron chi connectivity index (χ1n) is 8.74. The lowest BCUT2D eigenvalue weighted by Gasteiger charge is -2.22. The highest BCUT2D eigenvalue weighted by atomic mass is 31.0. The molecule has 138 valence electrons. The molecule has 4 amide bonds. The zero-order chi connectivity index (χ0) is 19.0. The lowest BCUT2D eigenvalue weighted by molar-refractivity contribution is 0.244. The van der Waals surface area contributed by atoms with Crippen molar-refractivity contribution >= 4 is 32.3 Å². The first-order valence-corrected chi connectivity index (χ1v) is 9.31. The van der Waals surface area contributed by atoms with Crippen molar-refractivity contribution in [2.45, 2.75) is 24.9 Å². The average molecular weight is 380 g/mol. The Hall–Kier alpha value is -2.85. The highest BCUT2D eigenvalue weighted by Gasteiger charge is 2.45. The third-order valence-corrected chi connectivity index (χ3v) is 5.70. The molecule has 6 nitrogen and oxygen atoms in total. The van der Waals surface area contributed by atoms with Gasteiger partial charge < -0.3 is 21.3 Å². The molecule has 1 aliphatic heterocycles. The van der Waals surface area contributed by atoms with Crippen LogP contribution in [-0.4, -0.2) is 17.6 Å². The summed E-state index contributed by atoms with van der Waals surface area (Å²) in [6.07, 6.45) is 1.37. The van der Waals surface area contributed by atoms with E-state index in [-0.39, 0.29) is 12.1 Å². The highest BCUT2D eigenvalue weighted by molar-refractivity contribution is 7.27. The summed E-state index contributed by atoms with van der Waals surface area (Å²) in [4.78, 5) is 23.9. The van der Waals surface area contributed by atoms with Gasteiger partial charge in [-0.1, -0.05) is 36.9 Å². The fourth-order valence-electron chi connectivity index (χ4n) is 3.68. The Bertz CT molecular complexity index is 959. The normalized spacial score (nSPS) is 20.2. The van der Waals surface area contributed by atoms with E-state index in [9.17, 15) is 9.59 Å². The Kier molecular flexibility index (Phi) is 4.36. The van der Waals surface area contributed by atoms with Crippen molar-refractivity contribution in [1.82, 2.24) is 16.0 Å². The number of carbonyl (C=O) groups excluding carboxylic acids is 2. The van der Waals surface area contributed by atoms with E-state index in [2.05, 4.69) is 37.1 Å². The minimum absolute atomic E-state index is 0.208. The molecule has 1 saturated heterocycles. The number of urea groups is 2. The molecule has 2 aromatic rings. The molecule has 1 spiro atoms. The molecular formula is C20H21N4O2P. The number of carbonyl (C=O) groups is 2. The molecule has 0 radical (unpaired) electrons. The van der Waals surface area contributed by atoms with Crippen LogP contribution in [0.25, 0.3) is 0 Å². The Morgan fingerprint density at radius 1 is 1.19 bits per heavy atom. The third-order valence-electron chi connectivity index (χ3n) is 5.14. The Morgan fingerprint density at radius 3 is 2.70 bits per heavy atom. The number of anilines is 1. The number of fused-ring (bicyclic) bond motifs is 1. The molecule has 0 saturated carbocycles. The maximum absolute atomic E-state index is 12.2. The number of nitrogens with one attached hydrogen (secondary N) is 4. The molecule has 2 aliphatic rings. The summed E-state index contributed by atoms with van der Waals surface area (Å²) in [7, 11) is 2.67. The predicted octanol–water partition coefficient (Wildman–Crippen LogP) is 2.17. The van der Waals surface area contributed by atoms with E-state index in [4.69, 9.17) is 0 Å². The zero-order valence-electron chi connectivity index (χ0n) is 14.8. The van der Waals surface area contributed by atoms with E-state index < -0.39 is 5.54 Å². The number of hydrogen-bond donors (Lipinski definition) is 4. The van der Waals surface area contributed by atoms with Gasteiger partial charge in [-0.2, -0.15) is 0 Å². The summed E-state index contributed by atoms with van der Waals surface area (Å²) in [5.41, 5.74) is 4.29. The first kappa shape index (κ1) is 17.6. The van der Waals surface area contributed by atoms with E-state index in [0.717, 1.165) is 27.7 Å². The number of rotatable bonds is 3. The van der Waals surface area contributed by atoms with Crippen LogP contribution in [0, 0.1) is 0 Å². The molecule has 2 unspecified atom stereocenters. The van der Waals surface area contributed by atoms with Gasteiger partial charge in [-0.25, -0.2) is 9.59 Å². The Balaban J connectivity index is 1.41. The minimum atomic E-state index is -0.456. The van der Waals surface area contributed by atoms with Crippen LogP contribution in [0.1, 0.15) is 16.7 Å². The second-order valence-corrected chi connectivity index (χ2v) is 7.61. The Morgan fingerprint density at radius 2 is 1.96 bits per heavy atom. The predicted molar refractivity (Wildman–Crippen MR) is 109 cm³/mol. The van der Waals surface area contributed by atoms with Crippen molar-refractivity contribution in [1.29, 1.82) is 0 Å². The average Bonchev–Trinajstić information content (AvgIpc) is 3.12. The van der Waals surface area contributed by atoms with Crippen LogP contribution in [-0.2, 0) is 19.4 Å². The first-order chi connectivity index (χ1) is 12.9. The van der Waals surface area contributed by atoms with Gasteiger partial charge in [0.1, 0.15) is 0 Å². The number of benzene rings is 2. The van der Waals surface area contributed by atoms with E-state index >= 15 is 0 Å². The summed E-state index contributed by atoms with van der Waals surface area (Å²) >= 11 is 0. The van der Waals surface area contributed by atoms with Crippen molar-refractivity contribution in [2.24, 2.45) is 0 Å². The van der Waals surface area contributed by atoms with E-state index in [1.807, 2.05) is 42.5 Å². The van der Waals surface area contributed by atoms with Gasteiger partial charge in [0.05, 0.1) is 5.54 Å². The molecule has 4 N–H and O–H groups in total. The molecule has 1 aliphatic carbocycles. The van der Waals surface area contributed by atoms with Crippen molar-refractivity contribution < 1.29 is 9.59 Å². The summed E-state index contributed by atoms with van der Waals surface area (Å²) in [6, 6.07) is 13.3. The third kappa shape index (κ3) is 3.40. The maximum Gasteiger partial charge on any atom is 0.319 e.